The van der Waals surface area contributed by atoms with Crippen molar-refractivity contribution in [3.8, 4) is 12.3 Å². The third-order valence-electron chi connectivity index (χ3n) is 2.27. The van der Waals surface area contributed by atoms with E-state index in [-0.39, 0.29) is 17.0 Å². The fourth-order valence-electron chi connectivity index (χ4n) is 1.36. The topological polar surface area (TPSA) is 29.1 Å². The summed E-state index contributed by atoms with van der Waals surface area (Å²) >= 11 is 5.59. The van der Waals surface area contributed by atoms with Gasteiger partial charge in [0.05, 0.1) is 11.1 Å². The number of carbonyl (C=O) groups excluding carboxylic acids is 1. The van der Waals surface area contributed by atoms with Crippen molar-refractivity contribution in [2.24, 2.45) is 0 Å². The zero-order valence-corrected chi connectivity index (χ0v) is 10.2. The first kappa shape index (κ1) is 13.5. The van der Waals surface area contributed by atoms with Gasteiger partial charge in [0.2, 0.25) is 0 Å². The van der Waals surface area contributed by atoms with E-state index >= 15 is 0 Å². The molecule has 0 aliphatic heterocycles. The summed E-state index contributed by atoms with van der Waals surface area (Å²) in [4.78, 5) is 11.8. The molecule has 4 heteroatoms. The first-order chi connectivity index (χ1) is 8.08. The predicted molar refractivity (Wildman–Crippen MR) is 66.4 cm³/mol. The molecule has 0 aliphatic rings. The molecular formula is C13H13ClFNO. The Labute approximate surface area is 105 Å². The molecule has 0 aromatic heterocycles. The second-order valence-corrected chi connectivity index (χ2v) is 4.02. The Hall–Kier alpha value is -1.53. The van der Waals surface area contributed by atoms with Crippen molar-refractivity contribution in [3.63, 3.8) is 0 Å². The minimum atomic E-state index is -0.551. The van der Waals surface area contributed by atoms with Gasteiger partial charge in [-0.2, -0.15) is 0 Å². The zero-order valence-electron chi connectivity index (χ0n) is 9.47. The Balaban J connectivity index is 2.76. The minimum absolute atomic E-state index is 0.0783. The van der Waals surface area contributed by atoms with Crippen LogP contribution in [0.25, 0.3) is 0 Å². The lowest BCUT2D eigenvalue weighted by molar-refractivity contribution is 0.0944. The predicted octanol–water partition coefficient (Wildman–Crippen LogP) is 3.01. The molecule has 1 amide bonds. The summed E-state index contributed by atoms with van der Waals surface area (Å²) in [5, 5.41) is 2.60. The van der Waals surface area contributed by atoms with Crippen LogP contribution in [-0.4, -0.2) is 11.9 Å². The summed E-state index contributed by atoms with van der Waals surface area (Å²) < 4.78 is 12.9. The molecule has 2 nitrogen and oxygen atoms in total. The number of rotatable bonds is 4. The summed E-state index contributed by atoms with van der Waals surface area (Å²) in [6, 6.07) is 3.50. The molecule has 90 valence electrons. The first-order valence-corrected chi connectivity index (χ1v) is 5.68. The van der Waals surface area contributed by atoms with Crippen LogP contribution in [0.2, 0.25) is 5.02 Å². The smallest absolute Gasteiger partial charge is 0.252 e. The van der Waals surface area contributed by atoms with Crippen LogP contribution >= 0.6 is 11.6 Å². The summed E-state index contributed by atoms with van der Waals surface area (Å²) in [6.45, 7) is 1.98. The molecule has 1 aromatic rings. The highest BCUT2D eigenvalue weighted by Gasteiger charge is 2.12. The van der Waals surface area contributed by atoms with Crippen LogP contribution in [0.5, 0.6) is 0 Å². The van der Waals surface area contributed by atoms with E-state index < -0.39 is 5.82 Å². The number of hydrogen-bond donors (Lipinski definition) is 1. The second kappa shape index (κ2) is 6.27. The first-order valence-electron chi connectivity index (χ1n) is 5.30. The molecule has 0 heterocycles. The monoisotopic (exact) mass is 253 g/mol. The molecule has 1 atom stereocenters. The number of terminal acetylenes is 1. The molecule has 17 heavy (non-hydrogen) atoms. The van der Waals surface area contributed by atoms with Crippen LogP contribution in [0.1, 0.15) is 30.1 Å². The van der Waals surface area contributed by atoms with Gasteiger partial charge in [0, 0.05) is 5.56 Å². The van der Waals surface area contributed by atoms with Gasteiger partial charge in [-0.1, -0.05) is 30.9 Å². The van der Waals surface area contributed by atoms with Gasteiger partial charge in [-0.05, 0) is 24.6 Å². The molecule has 0 saturated heterocycles. The highest BCUT2D eigenvalue weighted by molar-refractivity contribution is 6.31. The van der Waals surface area contributed by atoms with Crippen molar-refractivity contribution in [1.29, 1.82) is 0 Å². The zero-order chi connectivity index (χ0) is 12.8. The fourth-order valence-corrected chi connectivity index (χ4v) is 1.55. The Kier molecular flexibility index (Phi) is 4.99. The van der Waals surface area contributed by atoms with E-state index in [9.17, 15) is 9.18 Å². The molecule has 0 aliphatic carbocycles. The lowest BCUT2D eigenvalue weighted by atomic mass is 10.1. The van der Waals surface area contributed by atoms with Gasteiger partial charge < -0.3 is 5.32 Å². The van der Waals surface area contributed by atoms with Crippen molar-refractivity contribution in [3.05, 3.63) is 34.6 Å². The van der Waals surface area contributed by atoms with Crippen LogP contribution in [0.15, 0.2) is 18.2 Å². The van der Waals surface area contributed by atoms with E-state index in [4.69, 9.17) is 18.0 Å². The second-order valence-electron chi connectivity index (χ2n) is 3.61. The molecular weight excluding hydrogens is 241 g/mol. The Morgan fingerprint density at radius 3 is 2.88 bits per heavy atom. The van der Waals surface area contributed by atoms with Gasteiger partial charge in [-0.3, -0.25) is 4.79 Å². The maximum absolute atomic E-state index is 12.9. The average molecular weight is 254 g/mol. The van der Waals surface area contributed by atoms with E-state index in [0.29, 0.717) is 12.0 Å². The third kappa shape index (κ3) is 3.76. The molecule has 0 spiro atoms. The standard InChI is InChI=1S/C13H13ClFNO/c1-3-5-10(4-2)16-13(17)9-6-7-12(15)11(14)8-9/h2,6-8,10H,3,5H2,1H3,(H,16,17). The van der Waals surface area contributed by atoms with E-state index in [2.05, 4.69) is 11.2 Å². The SMILES string of the molecule is C#CC(CCC)NC(=O)c1ccc(F)c(Cl)c1. The number of halogens is 2. The molecule has 0 bridgehead atoms. The van der Waals surface area contributed by atoms with E-state index in [1.54, 1.807) is 0 Å². The van der Waals surface area contributed by atoms with Crippen molar-refractivity contribution < 1.29 is 9.18 Å². The Morgan fingerprint density at radius 1 is 1.65 bits per heavy atom. The molecule has 1 rings (SSSR count). The van der Waals surface area contributed by atoms with Crippen molar-refractivity contribution >= 4 is 17.5 Å². The van der Waals surface area contributed by atoms with Crippen LogP contribution in [0, 0.1) is 18.2 Å². The van der Waals surface area contributed by atoms with Crippen LogP contribution in [0.4, 0.5) is 4.39 Å². The minimum Gasteiger partial charge on any atom is -0.338 e. The van der Waals surface area contributed by atoms with E-state index in [1.807, 2.05) is 6.92 Å². The maximum atomic E-state index is 12.9. The van der Waals surface area contributed by atoms with Crippen LogP contribution in [-0.2, 0) is 0 Å². The lowest BCUT2D eigenvalue weighted by Gasteiger charge is -2.12. The van der Waals surface area contributed by atoms with Gasteiger partial charge in [0.15, 0.2) is 0 Å². The fraction of sp³-hybridized carbons (Fsp3) is 0.308. The average Bonchev–Trinajstić information content (AvgIpc) is 2.31. The molecule has 1 aromatic carbocycles. The quantitative estimate of drug-likeness (QED) is 0.821. The van der Waals surface area contributed by atoms with E-state index in [0.717, 1.165) is 12.5 Å². The van der Waals surface area contributed by atoms with Crippen LogP contribution < -0.4 is 5.32 Å². The maximum Gasteiger partial charge on any atom is 0.252 e. The normalized spacial score (nSPS) is 11.6. The van der Waals surface area contributed by atoms with E-state index in [1.165, 1.54) is 12.1 Å². The Morgan fingerprint density at radius 2 is 2.35 bits per heavy atom. The Bertz CT molecular complexity index is 453. The largest absolute Gasteiger partial charge is 0.338 e. The number of carbonyl (C=O) groups is 1. The highest BCUT2D eigenvalue weighted by Crippen LogP contribution is 2.16. The number of hydrogen-bond acceptors (Lipinski definition) is 1. The van der Waals surface area contributed by atoms with Crippen molar-refractivity contribution in [2.75, 3.05) is 0 Å². The number of amides is 1. The van der Waals surface area contributed by atoms with Gasteiger partial charge >= 0.3 is 0 Å². The highest BCUT2D eigenvalue weighted by atomic mass is 35.5. The number of benzene rings is 1. The van der Waals surface area contributed by atoms with Gasteiger partial charge in [0.1, 0.15) is 5.82 Å². The van der Waals surface area contributed by atoms with Crippen LogP contribution in [0.3, 0.4) is 0 Å². The summed E-state index contributed by atoms with van der Waals surface area (Å²) in [5.74, 6) is 1.60. The number of nitrogens with one attached hydrogen (secondary N) is 1. The van der Waals surface area contributed by atoms with Gasteiger partial charge in [0.25, 0.3) is 5.91 Å². The summed E-state index contributed by atoms with van der Waals surface area (Å²) in [7, 11) is 0. The summed E-state index contributed by atoms with van der Waals surface area (Å²) in [6.07, 6.45) is 6.87. The summed E-state index contributed by atoms with van der Waals surface area (Å²) in [5.41, 5.74) is 0.299. The van der Waals surface area contributed by atoms with Crippen molar-refractivity contribution in [2.45, 2.75) is 25.8 Å². The van der Waals surface area contributed by atoms with Gasteiger partial charge in [-0.15, -0.1) is 6.42 Å². The van der Waals surface area contributed by atoms with Gasteiger partial charge in [-0.25, -0.2) is 4.39 Å². The molecule has 0 radical (unpaired) electrons. The molecule has 0 fully saturated rings. The molecule has 0 saturated carbocycles. The third-order valence-corrected chi connectivity index (χ3v) is 2.56. The molecule has 1 unspecified atom stereocenters. The van der Waals surface area contributed by atoms with Crippen molar-refractivity contribution in [1.82, 2.24) is 5.32 Å². The molecule has 1 N–H and O–H groups in total. The lowest BCUT2D eigenvalue weighted by Crippen LogP contribution is -2.33.